The summed E-state index contributed by atoms with van der Waals surface area (Å²) in [6, 6.07) is 3.31. The van der Waals surface area contributed by atoms with Crippen LogP contribution in [0.25, 0.3) is 12.2 Å². The molecule has 2 fully saturated rings. The van der Waals surface area contributed by atoms with Crippen LogP contribution >= 0.6 is 0 Å². The highest BCUT2D eigenvalue weighted by Gasteiger charge is 2.45. The number of nitrogens with one attached hydrogen (secondary N) is 10. The third-order valence-electron chi connectivity index (χ3n) is 14.6. The molecule has 13 atom stereocenters. The van der Waals surface area contributed by atoms with E-state index >= 15 is 0 Å². The Hall–Kier alpha value is -8.64. The molecule has 11 amide bonds. The first-order chi connectivity index (χ1) is 42.9. The number of primary amides is 1. The van der Waals surface area contributed by atoms with Gasteiger partial charge in [0, 0.05) is 19.4 Å². The minimum Gasteiger partial charge on any atom is -0.458 e. The van der Waals surface area contributed by atoms with Crippen molar-refractivity contribution in [2.75, 3.05) is 26.3 Å². The molecule has 2 aliphatic heterocycles. The molecule has 500 valence electrons. The third kappa shape index (κ3) is 23.9. The zero-order chi connectivity index (χ0) is 67.8. The Morgan fingerprint density at radius 1 is 0.648 bits per heavy atom. The van der Waals surface area contributed by atoms with E-state index in [1.165, 1.54) is 19.9 Å². The first-order valence-electron chi connectivity index (χ1n) is 30.0. The molecule has 0 aromatic heterocycles. The molecule has 2 aromatic rings. The predicted molar refractivity (Wildman–Crippen MR) is 329 cm³/mol. The van der Waals surface area contributed by atoms with E-state index in [1.54, 1.807) is 122 Å². The highest BCUT2D eigenvalue weighted by Crippen LogP contribution is 2.23. The van der Waals surface area contributed by atoms with E-state index in [-0.39, 0.29) is 25.4 Å². The summed E-state index contributed by atoms with van der Waals surface area (Å²) in [5.74, 6) is -13.3. The van der Waals surface area contributed by atoms with Gasteiger partial charge in [-0.25, -0.2) is 4.79 Å². The number of carbonyl (C=O) groups excluding carboxylic acids is 12. The summed E-state index contributed by atoms with van der Waals surface area (Å²) in [5.41, 5.74) is 7.15. The summed E-state index contributed by atoms with van der Waals surface area (Å²) in [6.45, 7) is 13.4. The van der Waals surface area contributed by atoms with E-state index in [2.05, 4.69) is 53.2 Å². The summed E-state index contributed by atoms with van der Waals surface area (Å²) in [6.07, 6.45) is -2.72. The van der Waals surface area contributed by atoms with Crippen LogP contribution in [-0.2, 0) is 78.2 Å². The molecule has 91 heavy (non-hydrogen) atoms. The molecule has 0 radical (unpaired) electrons. The number of rotatable bonds is 18. The molecule has 0 aliphatic carbocycles. The van der Waals surface area contributed by atoms with E-state index < -0.39 is 194 Å². The average Bonchev–Trinajstić information content (AvgIpc) is 0.926. The maximum atomic E-state index is 14.7. The zero-order valence-corrected chi connectivity index (χ0v) is 52.8. The number of amides is 11. The molecule has 29 heteroatoms. The first-order valence-corrected chi connectivity index (χ1v) is 30.0. The van der Waals surface area contributed by atoms with Gasteiger partial charge < -0.3 is 88.4 Å². The topological polar surface area (TPSA) is 440 Å². The fraction of sp³-hybridized carbons (Fsp3) is 0.548. The minimum absolute atomic E-state index is 0.0486. The fourth-order valence-corrected chi connectivity index (χ4v) is 9.64. The van der Waals surface area contributed by atoms with Gasteiger partial charge in [0.05, 0.1) is 32.7 Å². The van der Waals surface area contributed by atoms with E-state index in [1.807, 2.05) is 0 Å². The highest BCUT2D eigenvalue weighted by atomic mass is 16.7. The van der Waals surface area contributed by atoms with Crippen molar-refractivity contribution in [3.8, 4) is 0 Å². The summed E-state index contributed by atoms with van der Waals surface area (Å²) in [7, 11) is 0. The Bertz CT molecular complexity index is 2940. The Morgan fingerprint density at radius 3 is 1.76 bits per heavy atom. The predicted octanol–water partition coefficient (Wildman–Crippen LogP) is -2.62. The zero-order valence-electron chi connectivity index (χ0n) is 52.8. The van der Waals surface area contributed by atoms with Gasteiger partial charge in [0.25, 0.3) is 0 Å². The molecule has 2 aromatic carbocycles. The first kappa shape index (κ1) is 74.8. The number of carbonyl (C=O) groups is 12. The quantitative estimate of drug-likeness (QED) is 0.0537. The van der Waals surface area contributed by atoms with Crippen molar-refractivity contribution >= 4 is 83.1 Å². The molecule has 0 spiro atoms. The van der Waals surface area contributed by atoms with Crippen LogP contribution in [0.4, 0.5) is 0 Å². The lowest BCUT2D eigenvalue weighted by Crippen LogP contribution is -2.64. The Morgan fingerprint density at radius 2 is 1.19 bits per heavy atom. The molecule has 15 N–H and O–H groups in total. The average molecular weight is 1280 g/mol. The minimum atomic E-state index is -1.90. The molecule has 0 saturated carbocycles. The number of benzene rings is 2. The van der Waals surface area contributed by atoms with Crippen molar-refractivity contribution in [3.05, 3.63) is 83.4 Å². The number of aliphatic hydroxyl groups excluding tert-OH is 3. The van der Waals surface area contributed by atoms with Gasteiger partial charge in [0.1, 0.15) is 72.8 Å². The molecule has 29 nitrogen and oxygen atoms in total. The molecule has 2 saturated heterocycles. The van der Waals surface area contributed by atoms with Crippen LogP contribution in [0.2, 0.25) is 0 Å². The van der Waals surface area contributed by atoms with Crippen molar-refractivity contribution in [2.24, 2.45) is 29.4 Å². The second-order valence-electron chi connectivity index (χ2n) is 23.7. The van der Waals surface area contributed by atoms with E-state index in [4.69, 9.17) is 19.9 Å². The largest absolute Gasteiger partial charge is 0.458 e. The Kier molecular flexibility index (Phi) is 29.8. The highest BCUT2D eigenvalue weighted by molar-refractivity contribution is 6.00. The number of nitrogens with two attached hydrogens (primary N) is 1. The van der Waals surface area contributed by atoms with Crippen LogP contribution < -0.4 is 58.9 Å². The molecule has 0 bridgehead atoms. The van der Waals surface area contributed by atoms with Gasteiger partial charge in [0.15, 0.2) is 6.29 Å². The monoisotopic (exact) mass is 1280 g/mol. The number of ether oxygens (including phenoxy) is 3. The van der Waals surface area contributed by atoms with Crippen molar-refractivity contribution < 1.29 is 87.1 Å². The molecular formula is C62H89N11O18. The number of cyclic esters (lactones) is 1. The van der Waals surface area contributed by atoms with E-state index in [0.717, 1.165) is 6.08 Å². The molecule has 2 heterocycles. The van der Waals surface area contributed by atoms with Gasteiger partial charge in [-0.15, -0.1) is 0 Å². The SMILES string of the molecule is CC(=O)N[C@H]1[C@H](OC/C=C/c2ccccc2/C=C/C(=O)N[C@H]2C(=O)N[C@H](CC(N)=O)C(=O)N[C@H](C(C)C)C(=O)N[C@@H](Cc3ccccc3)C(=O)N[C@H](C(C)C)C(=O)NCC(=O)NCC(=O)N[C@H](C(C)C)C(=O)N[C@@H](CC(C)C)C(=O)O[C@@H]2C)O[C@H](CO)[C@@H](O)[C@@H]1O. The van der Waals surface area contributed by atoms with E-state index in [9.17, 15) is 72.9 Å². The van der Waals surface area contributed by atoms with Crippen LogP contribution in [-0.4, -0.2) is 192 Å². The van der Waals surface area contributed by atoms with Gasteiger partial charge in [-0.3, -0.25) is 52.7 Å². The van der Waals surface area contributed by atoms with Gasteiger partial charge in [-0.1, -0.05) is 122 Å². The van der Waals surface area contributed by atoms with Gasteiger partial charge in [-0.2, -0.15) is 0 Å². The molecular weight excluding hydrogens is 1190 g/mol. The third-order valence-corrected chi connectivity index (χ3v) is 14.6. The van der Waals surface area contributed by atoms with Crippen molar-refractivity contribution in [3.63, 3.8) is 0 Å². The normalized spacial score (nSPS) is 26.9. The van der Waals surface area contributed by atoms with Gasteiger partial charge in [-0.05, 0) is 59.8 Å². The van der Waals surface area contributed by atoms with Crippen LogP contribution in [0.15, 0.2) is 66.7 Å². The molecule has 4 rings (SSSR count). The number of aliphatic hydroxyl groups is 3. The summed E-state index contributed by atoms with van der Waals surface area (Å²) in [4.78, 5) is 165. The van der Waals surface area contributed by atoms with Gasteiger partial charge in [0.2, 0.25) is 65.0 Å². The lowest BCUT2D eigenvalue weighted by molar-refractivity contribution is -0.267. The summed E-state index contributed by atoms with van der Waals surface area (Å²) < 4.78 is 17.3. The smallest absolute Gasteiger partial charge is 0.328 e. The fourth-order valence-electron chi connectivity index (χ4n) is 9.64. The van der Waals surface area contributed by atoms with Crippen LogP contribution in [0.5, 0.6) is 0 Å². The lowest BCUT2D eigenvalue weighted by atomic mass is 9.97. The van der Waals surface area contributed by atoms with Crippen LogP contribution in [0.3, 0.4) is 0 Å². The van der Waals surface area contributed by atoms with Crippen LogP contribution in [0.1, 0.15) is 98.8 Å². The van der Waals surface area contributed by atoms with Crippen molar-refractivity contribution in [2.45, 2.75) is 168 Å². The second-order valence-corrected chi connectivity index (χ2v) is 23.7. The number of esters is 1. The Balaban J connectivity index is 1.75. The maximum Gasteiger partial charge on any atom is 0.328 e. The summed E-state index contributed by atoms with van der Waals surface area (Å²) in [5, 5.41) is 56.0. The van der Waals surface area contributed by atoms with Gasteiger partial charge >= 0.3 is 5.97 Å². The van der Waals surface area contributed by atoms with Crippen LogP contribution in [0, 0.1) is 23.7 Å². The Labute approximate surface area is 528 Å². The number of hydrogen-bond donors (Lipinski definition) is 14. The lowest BCUT2D eigenvalue weighted by Gasteiger charge is -2.42. The van der Waals surface area contributed by atoms with Crippen molar-refractivity contribution in [1.82, 2.24) is 53.2 Å². The number of hydrogen-bond acceptors (Lipinski definition) is 18. The molecule has 0 unspecified atom stereocenters. The standard InChI is InChI=1S/C62H89N11O18/c1-31(2)25-42-61(88)90-35(9)51(70-45(77)23-22-39-20-15-14-19-38(39)21-16-24-89-62-52(66-36(10)75)54(81)53(80)43(30-74)91-62)60(87)68-41(27-44(63)76)56(83)73-50(34(7)8)59(86)67-40(26-37-17-12-11-13-18-37)55(82)72-48(32(3)4)57(84)65-28-46(78)64-29-47(79)71-49(33(5)6)58(85)69-42/h11-23,31-35,40-43,48-54,62,74,80-81H,24-30H2,1-10H3,(H2,63,76)(H,64,78)(H,65,84)(H,66,75)(H,67,86)(H,68,87)(H,69,85)(H,70,77)(H,71,79)(H,72,82)(H,73,83)/b21-16+,23-22+/t35-,40+,41-,42+,43-,48-,49-,50-,51-,52-,53-,54-,62-/m1/s1. The maximum absolute atomic E-state index is 14.7. The molecule has 2 aliphatic rings. The second kappa shape index (κ2) is 36.3. The van der Waals surface area contributed by atoms with Crippen molar-refractivity contribution in [1.29, 1.82) is 0 Å². The van der Waals surface area contributed by atoms with E-state index in [0.29, 0.717) is 16.7 Å². The summed E-state index contributed by atoms with van der Waals surface area (Å²) >= 11 is 0.